The van der Waals surface area contributed by atoms with Gasteiger partial charge in [0.25, 0.3) is 0 Å². The van der Waals surface area contributed by atoms with E-state index in [9.17, 15) is 0 Å². The van der Waals surface area contributed by atoms with Crippen LogP contribution in [0.5, 0.6) is 0 Å². The molecule has 0 aliphatic heterocycles. The highest BCUT2D eigenvalue weighted by Gasteiger charge is 1.93. The molecule has 0 amide bonds. The van der Waals surface area contributed by atoms with Crippen LogP contribution in [0.1, 0.15) is 0 Å². The number of hydrogen-bond donors (Lipinski definition) is 0. The van der Waals surface area contributed by atoms with Crippen molar-refractivity contribution in [3.8, 4) is 0 Å². The van der Waals surface area contributed by atoms with E-state index in [2.05, 4.69) is 15.9 Å². The third-order valence-electron chi connectivity index (χ3n) is 2.14. The summed E-state index contributed by atoms with van der Waals surface area (Å²) < 4.78 is 31.3. The molecule has 0 unspecified atom stereocenters. The third-order valence-corrected chi connectivity index (χ3v) is 2.47. The van der Waals surface area contributed by atoms with Gasteiger partial charge in [-0.1, -0.05) is 15.9 Å². The van der Waals surface area contributed by atoms with Gasteiger partial charge in [0.1, 0.15) is 0 Å². The summed E-state index contributed by atoms with van der Waals surface area (Å²) in [6, 6.07) is 0. The molecule has 6 nitrogen and oxygen atoms in total. The van der Waals surface area contributed by atoms with Crippen LogP contribution in [0.4, 0.5) is 0 Å². The molecule has 0 aliphatic carbocycles. The lowest BCUT2D eigenvalue weighted by atomic mass is 10.7. The van der Waals surface area contributed by atoms with Gasteiger partial charge in [0.2, 0.25) is 0 Å². The summed E-state index contributed by atoms with van der Waals surface area (Å²) in [4.78, 5) is 0. The fourth-order valence-corrected chi connectivity index (χ4v) is 1.41. The molecular weight excluding hydrogens is 332 g/mol. The fraction of sp³-hybridized carbons (Fsp3) is 1.00. The molecule has 0 bridgehead atoms. The van der Waals surface area contributed by atoms with E-state index >= 15 is 0 Å². The standard InChI is InChI=1S/C13H27BrO6/c1-15-4-5-17-8-9-19-12-13-20-11-10-18-7-6-16-3-2-14/h2-13H2,1H3. The van der Waals surface area contributed by atoms with Crippen molar-refractivity contribution >= 4 is 15.9 Å². The molecule has 0 radical (unpaired) electrons. The Kier molecular flexibility index (Phi) is 19.5. The summed E-state index contributed by atoms with van der Waals surface area (Å²) in [6.07, 6.45) is 0. The van der Waals surface area contributed by atoms with Crippen molar-refractivity contribution in [1.29, 1.82) is 0 Å². The highest BCUT2D eigenvalue weighted by molar-refractivity contribution is 9.09. The number of methoxy groups -OCH3 is 1. The first-order valence-electron chi connectivity index (χ1n) is 6.85. The second-order valence-electron chi connectivity index (χ2n) is 3.74. The van der Waals surface area contributed by atoms with Gasteiger partial charge in [-0.3, -0.25) is 0 Å². The van der Waals surface area contributed by atoms with Crippen LogP contribution in [0.3, 0.4) is 0 Å². The Bertz CT molecular complexity index is 155. The molecule has 7 heteroatoms. The van der Waals surface area contributed by atoms with Crippen molar-refractivity contribution in [2.45, 2.75) is 0 Å². The molecular formula is C13H27BrO6. The lowest BCUT2D eigenvalue weighted by Gasteiger charge is -2.07. The van der Waals surface area contributed by atoms with Crippen LogP contribution in [0, 0.1) is 0 Å². The summed E-state index contributed by atoms with van der Waals surface area (Å²) in [7, 11) is 1.65. The van der Waals surface area contributed by atoms with Crippen LogP contribution in [-0.4, -0.2) is 85.1 Å². The summed E-state index contributed by atoms with van der Waals surface area (Å²) in [5.41, 5.74) is 0. The first-order chi connectivity index (χ1) is 9.91. The van der Waals surface area contributed by atoms with Gasteiger partial charge in [0.05, 0.1) is 72.7 Å². The summed E-state index contributed by atoms with van der Waals surface area (Å²) in [5, 5.41) is 0.855. The van der Waals surface area contributed by atoms with Crippen molar-refractivity contribution in [2.75, 3.05) is 85.1 Å². The second kappa shape index (κ2) is 19.2. The Hall–Kier alpha value is 0.240. The van der Waals surface area contributed by atoms with Crippen molar-refractivity contribution in [1.82, 2.24) is 0 Å². The predicted octanol–water partition coefficient (Wildman–Crippen LogP) is 1.11. The predicted molar refractivity (Wildman–Crippen MR) is 79.8 cm³/mol. The Morgan fingerprint density at radius 1 is 0.500 bits per heavy atom. The minimum absolute atomic E-state index is 0.571. The molecule has 0 atom stereocenters. The monoisotopic (exact) mass is 358 g/mol. The van der Waals surface area contributed by atoms with E-state index in [1.165, 1.54) is 0 Å². The lowest BCUT2D eigenvalue weighted by molar-refractivity contribution is -0.0139. The minimum Gasteiger partial charge on any atom is -0.382 e. The van der Waals surface area contributed by atoms with Gasteiger partial charge in [-0.25, -0.2) is 0 Å². The van der Waals surface area contributed by atoms with Gasteiger partial charge in [-0.2, -0.15) is 0 Å². The van der Waals surface area contributed by atoms with E-state index < -0.39 is 0 Å². The van der Waals surface area contributed by atoms with E-state index in [1.807, 2.05) is 0 Å². The first-order valence-corrected chi connectivity index (χ1v) is 7.97. The quantitative estimate of drug-likeness (QED) is 0.287. The van der Waals surface area contributed by atoms with Crippen LogP contribution in [-0.2, 0) is 28.4 Å². The van der Waals surface area contributed by atoms with Crippen molar-refractivity contribution in [3.05, 3.63) is 0 Å². The molecule has 122 valence electrons. The van der Waals surface area contributed by atoms with Crippen molar-refractivity contribution in [2.24, 2.45) is 0 Å². The molecule has 0 N–H and O–H groups in total. The molecule has 0 saturated carbocycles. The van der Waals surface area contributed by atoms with Gasteiger partial charge in [0.15, 0.2) is 0 Å². The zero-order valence-corrected chi connectivity index (χ0v) is 13.9. The highest BCUT2D eigenvalue weighted by atomic mass is 79.9. The van der Waals surface area contributed by atoms with Crippen LogP contribution in [0.2, 0.25) is 0 Å². The molecule has 0 rings (SSSR count). The Balaban J connectivity index is 2.89. The van der Waals surface area contributed by atoms with E-state index in [0.717, 1.165) is 5.33 Å². The topological polar surface area (TPSA) is 55.4 Å². The van der Waals surface area contributed by atoms with E-state index in [-0.39, 0.29) is 0 Å². The molecule has 20 heavy (non-hydrogen) atoms. The zero-order valence-electron chi connectivity index (χ0n) is 12.3. The minimum atomic E-state index is 0.571. The van der Waals surface area contributed by atoms with Gasteiger partial charge in [-0.15, -0.1) is 0 Å². The molecule has 0 saturated heterocycles. The average Bonchev–Trinajstić information content (AvgIpc) is 2.47. The molecule has 0 aliphatic rings. The summed E-state index contributed by atoms with van der Waals surface area (Å²) >= 11 is 3.28. The van der Waals surface area contributed by atoms with Crippen LogP contribution >= 0.6 is 15.9 Å². The fourth-order valence-electron chi connectivity index (χ4n) is 1.18. The highest BCUT2D eigenvalue weighted by Crippen LogP contribution is 1.85. The summed E-state index contributed by atoms with van der Waals surface area (Å²) in [5.74, 6) is 0. The Morgan fingerprint density at radius 3 is 1.10 bits per heavy atom. The SMILES string of the molecule is COCCOCCOCCOCCOCCOCCBr. The average molecular weight is 359 g/mol. The smallest absolute Gasteiger partial charge is 0.0701 e. The van der Waals surface area contributed by atoms with E-state index in [4.69, 9.17) is 28.4 Å². The van der Waals surface area contributed by atoms with Gasteiger partial charge < -0.3 is 28.4 Å². The number of rotatable bonds is 17. The van der Waals surface area contributed by atoms with Crippen LogP contribution in [0.15, 0.2) is 0 Å². The normalized spacial score (nSPS) is 11.1. The van der Waals surface area contributed by atoms with Gasteiger partial charge in [-0.05, 0) is 0 Å². The zero-order chi connectivity index (χ0) is 14.7. The van der Waals surface area contributed by atoms with E-state index in [0.29, 0.717) is 72.7 Å². The maximum absolute atomic E-state index is 5.35. The maximum Gasteiger partial charge on any atom is 0.0701 e. The molecule has 0 aromatic heterocycles. The van der Waals surface area contributed by atoms with Crippen molar-refractivity contribution < 1.29 is 28.4 Å². The number of hydrogen-bond acceptors (Lipinski definition) is 6. The molecule has 0 heterocycles. The van der Waals surface area contributed by atoms with Crippen LogP contribution in [0.25, 0.3) is 0 Å². The number of alkyl halides is 1. The maximum atomic E-state index is 5.35. The third kappa shape index (κ3) is 18.2. The largest absolute Gasteiger partial charge is 0.382 e. The number of halogens is 1. The second-order valence-corrected chi connectivity index (χ2v) is 4.54. The molecule has 0 spiro atoms. The van der Waals surface area contributed by atoms with Crippen LogP contribution < -0.4 is 0 Å². The first kappa shape index (κ1) is 20.2. The van der Waals surface area contributed by atoms with Gasteiger partial charge >= 0.3 is 0 Å². The Morgan fingerprint density at radius 2 is 0.800 bits per heavy atom. The molecule has 0 aromatic rings. The molecule has 0 fully saturated rings. The van der Waals surface area contributed by atoms with E-state index in [1.54, 1.807) is 7.11 Å². The summed E-state index contributed by atoms with van der Waals surface area (Å²) in [6.45, 7) is 6.62. The molecule has 0 aromatic carbocycles. The lowest BCUT2D eigenvalue weighted by Crippen LogP contribution is -2.14. The Labute approximate surface area is 130 Å². The van der Waals surface area contributed by atoms with Crippen molar-refractivity contribution in [3.63, 3.8) is 0 Å². The number of ether oxygens (including phenoxy) is 6. The van der Waals surface area contributed by atoms with Gasteiger partial charge in [0, 0.05) is 12.4 Å².